The largest absolute Gasteiger partial charge is 0.453 e. The van der Waals surface area contributed by atoms with Gasteiger partial charge in [-0.3, -0.25) is 4.90 Å². The highest BCUT2D eigenvalue weighted by Gasteiger charge is 2.26. The number of ether oxygens (including phenoxy) is 2. The molecular weight excluding hydrogens is 520 g/mol. The first-order valence-electron chi connectivity index (χ1n) is 14.8. The van der Waals surface area contributed by atoms with Gasteiger partial charge in [-0.1, -0.05) is 24.3 Å². The Morgan fingerprint density at radius 1 is 0.571 bits per heavy atom. The van der Waals surface area contributed by atoms with Crippen molar-refractivity contribution in [2.24, 2.45) is 14.1 Å². The number of benzene rings is 4. The third-order valence-corrected chi connectivity index (χ3v) is 8.90. The van der Waals surface area contributed by atoms with Gasteiger partial charge in [-0.2, -0.15) is 0 Å². The van der Waals surface area contributed by atoms with E-state index in [2.05, 4.69) is 130 Å². The van der Waals surface area contributed by atoms with Crippen LogP contribution in [0.4, 0.5) is 11.4 Å². The van der Waals surface area contributed by atoms with Crippen LogP contribution in [0.25, 0.3) is 44.1 Å². The lowest BCUT2D eigenvalue weighted by molar-refractivity contribution is 0.0394. The van der Waals surface area contributed by atoms with Crippen molar-refractivity contribution in [1.29, 1.82) is 0 Å². The normalized spacial score (nSPS) is 15.1. The molecule has 6 nitrogen and oxygen atoms in total. The van der Waals surface area contributed by atoms with Crippen LogP contribution in [0.2, 0.25) is 0 Å². The van der Waals surface area contributed by atoms with Gasteiger partial charge in [-0.25, -0.2) is 0 Å². The molecule has 6 aromatic rings. The molecule has 0 spiro atoms. The summed E-state index contributed by atoms with van der Waals surface area (Å²) in [5.41, 5.74) is 9.38. The predicted molar refractivity (Wildman–Crippen MR) is 171 cm³/mol. The fourth-order valence-electron chi connectivity index (χ4n) is 6.47. The molecule has 0 N–H and O–H groups in total. The number of anilines is 2. The van der Waals surface area contributed by atoms with Crippen LogP contribution < -0.4 is 9.64 Å². The molecule has 1 saturated heterocycles. The number of aromatic nitrogens is 2. The molecule has 8 rings (SSSR count). The predicted octanol–water partition coefficient (Wildman–Crippen LogP) is 7.58. The zero-order valence-corrected chi connectivity index (χ0v) is 24.1. The maximum Gasteiger partial charge on any atom is 0.151 e. The summed E-state index contributed by atoms with van der Waals surface area (Å²) in [5.74, 6) is 1.79. The zero-order chi connectivity index (χ0) is 28.2. The zero-order valence-electron chi connectivity index (χ0n) is 24.1. The van der Waals surface area contributed by atoms with Crippen LogP contribution in [0.5, 0.6) is 11.5 Å². The average Bonchev–Trinajstić information content (AvgIpc) is 3.60. The molecule has 42 heavy (non-hydrogen) atoms. The SMILES string of the molecule is Cn1ccc2cc(-c3ccc4c(c3)Oc3cc(-c5ccc6c(ccn6C)c5)ccc3N4CCN3CCOCC3)ccc21. The van der Waals surface area contributed by atoms with Crippen molar-refractivity contribution in [3.63, 3.8) is 0 Å². The summed E-state index contributed by atoms with van der Waals surface area (Å²) in [6.45, 7) is 5.42. The second-order valence-electron chi connectivity index (χ2n) is 11.5. The molecule has 0 atom stereocenters. The Hall–Kier alpha value is -4.52. The number of aryl methyl sites for hydroxylation is 2. The van der Waals surface area contributed by atoms with E-state index in [9.17, 15) is 0 Å². The molecule has 0 aliphatic carbocycles. The fourth-order valence-corrected chi connectivity index (χ4v) is 6.47. The van der Waals surface area contributed by atoms with Gasteiger partial charge in [0.2, 0.25) is 0 Å². The minimum absolute atomic E-state index is 0.806. The van der Waals surface area contributed by atoms with Gasteiger partial charge in [0.05, 0.1) is 24.6 Å². The Morgan fingerprint density at radius 2 is 1.07 bits per heavy atom. The van der Waals surface area contributed by atoms with Gasteiger partial charge in [0, 0.05) is 74.5 Å². The highest BCUT2D eigenvalue weighted by atomic mass is 16.5. The van der Waals surface area contributed by atoms with Crippen molar-refractivity contribution in [2.45, 2.75) is 0 Å². The molecule has 0 bridgehead atoms. The molecule has 4 aromatic carbocycles. The third-order valence-electron chi connectivity index (χ3n) is 8.90. The van der Waals surface area contributed by atoms with Crippen molar-refractivity contribution >= 4 is 33.2 Å². The summed E-state index contributed by atoms with van der Waals surface area (Å²) in [6, 6.07) is 31.0. The van der Waals surface area contributed by atoms with Gasteiger partial charge in [0.25, 0.3) is 0 Å². The maximum absolute atomic E-state index is 6.72. The molecule has 2 aliphatic heterocycles. The molecule has 2 aliphatic rings. The molecule has 4 heterocycles. The van der Waals surface area contributed by atoms with Crippen LogP contribution in [-0.4, -0.2) is 53.4 Å². The minimum atomic E-state index is 0.806. The van der Waals surface area contributed by atoms with Crippen LogP contribution in [0, 0.1) is 0 Å². The van der Waals surface area contributed by atoms with Crippen LogP contribution in [0.15, 0.2) is 97.3 Å². The number of morpholine rings is 1. The highest BCUT2D eigenvalue weighted by molar-refractivity contribution is 5.89. The Labute approximate surface area is 245 Å². The lowest BCUT2D eigenvalue weighted by Gasteiger charge is -2.35. The molecule has 0 saturated carbocycles. The van der Waals surface area contributed by atoms with Crippen molar-refractivity contribution in [3.05, 3.63) is 97.3 Å². The molecule has 1 fully saturated rings. The van der Waals surface area contributed by atoms with E-state index < -0.39 is 0 Å². The molecule has 2 aromatic heterocycles. The first kappa shape index (κ1) is 25.2. The Kier molecular flexibility index (Phi) is 6.05. The van der Waals surface area contributed by atoms with Gasteiger partial charge in [-0.05, 0) is 82.9 Å². The van der Waals surface area contributed by atoms with E-state index in [1.54, 1.807) is 0 Å². The number of nitrogens with zero attached hydrogens (tertiary/aromatic N) is 4. The van der Waals surface area contributed by atoms with E-state index in [0.29, 0.717) is 0 Å². The van der Waals surface area contributed by atoms with Crippen LogP contribution in [0.3, 0.4) is 0 Å². The van der Waals surface area contributed by atoms with Gasteiger partial charge >= 0.3 is 0 Å². The first-order chi connectivity index (χ1) is 20.6. The van der Waals surface area contributed by atoms with E-state index in [-0.39, 0.29) is 0 Å². The lowest BCUT2D eigenvalue weighted by atomic mass is 10.0. The molecule has 0 unspecified atom stereocenters. The topological polar surface area (TPSA) is 34.8 Å². The summed E-state index contributed by atoms with van der Waals surface area (Å²) in [7, 11) is 4.17. The van der Waals surface area contributed by atoms with Crippen LogP contribution >= 0.6 is 0 Å². The molecule has 0 amide bonds. The van der Waals surface area contributed by atoms with Gasteiger partial charge in [0.1, 0.15) is 0 Å². The van der Waals surface area contributed by atoms with Crippen molar-refractivity contribution in [1.82, 2.24) is 14.0 Å². The first-order valence-corrected chi connectivity index (χ1v) is 14.8. The summed E-state index contributed by atoms with van der Waals surface area (Å²) in [6.07, 6.45) is 4.22. The summed E-state index contributed by atoms with van der Waals surface area (Å²) in [4.78, 5) is 4.92. The third kappa shape index (κ3) is 4.35. The Bertz CT molecular complexity index is 1820. The minimum Gasteiger partial charge on any atom is -0.453 e. The average molecular weight is 555 g/mol. The second-order valence-corrected chi connectivity index (χ2v) is 11.5. The lowest BCUT2D eigenvalue weighted by Crippen LogP contribution is -2.41. The molecule has 210 valence electrons. The summed E-state index contributed by atoms with van der Waals surface area (Å²) >= 11 is 0. The van der Waals surface area contributed by atoms with E-state index in [1.807, 2.05) is 0 Å². The van der Waals surface area contributed by atoms with Crippen molar-refractivity contribution in [2.75, 3.05) is 44.3 Å². The molecular formula is C36H34N4O2. The number of rotatable bonds is 5. The van der Waals surface area contributed by atoms with Crippen molar-refractivity contribution in [3.8, 4) is 33.8 Å². The number of fused-ring (bicyclic) bond motifs is 4. The second kappa shape index (κ2) is 10.1. The number of hydrogen-bond acceptors (Lipinski definition) is 4. The van der Waals surface area contributed by atoms with E-state index >= 15 is 0 Å². The smallest absolute Gasteiger partial charge is 0.151 e. The Balaban J connectivity index is 1.18. The molecule has 6 heteroatoms. The van der Waals surface area contributed by atoms with Crippen molar-refractivity contribution < 1.29 is 9.47 Å². The van der Waals surface area contributed by atoms with Gasteiger partial charge in [0.15, 0.2) is 11.5 Å². The summed E-state index contributed by atoms with van der Waals surface area (Å²) < 4.78 is 16.6. The maximum atomic E-state index is 6.72. The Morgan fingerprint density at radius 3 is 1.62 bits per heavy atom. The fraction of sp³-hybridized carbons (Fsp3) is 0.222. The van der Waals surface area contributed by atoms with E-state index in [1.165, 1.54) is 32.9 Å². The van der Waals surface area contributed by atoms with E-state index in [4.69, 9.17) is 9.47 Å². The van der Waals surface area contributed by atoms with Gasteiger partial charge in [-0.15, -0.1) is 0 Å². The van der Waals surface area contributed by atoms with E-state index in [0.717, 1.165) is 73.4 Å². The van der Waals surface area contributed by atoms with Crippen LogP contribution in [-0.2, 0) is 18.8 Å². The molecule has 0 radical (unpaired) electrons. The monoisotopic (exact) mass is 554 g/mol. The number of hydrogen-bond donors (Lipinski definition) is 0. The quantitative estimate of drug-likeness (QED) is 0.220. The highest BCUT2D eigenvalue weighted by Crippen LogP contribution is 2.49. The summed E-state index contributed by atoms with van der Waals surface area (Å²) in [5, 5.41) is 2.48. The van der Waals surface area contributed by atoms with Gasteiger partial charge < -0.3 is 23.5 Å². The standard InChI is InChI=1S/C36H34N4O2/c1-37-13-11-29-21-25(3-7-31(29)37)27-5-9-33-35(23-27)42-36-24-28(26-4-8-32-30(22-26)12-14-38(32)2)6-10-34(36)40(33)16-15-39-17-19-41-20-18-39/h3-14,21-24H,15-20H2,1-2H3. The van der Waals surface area contributed by atoms with Crippen LogP contribution in [0.1, 0.15) is 0 Å².